The minimum Gasteiger partial charge on any atom is -0.464 e. The summed E-state index contributed by atoms with van der Waals surface area (Å²) in [5, 5.41) is 3.29. The van der Waals surface area contributed by atoms with Gasteiger partial charge in [0.2, 0.25) is 0 Å². The Hall–Kier alpha value is -6.54. The molecule has 1 unspecified atom stereocenters. The SMILES string of the molecule is COC(=O)c1cc(-c2ccccc2Cl)c2c(C)c(-c3ccc(CN4CCOCC4)cc3)c(C)cc2n1.Cc1cc2nc(C(=O)N3CCC(N(C)C)C3)cc(-c3ccccc3Cl)c2c(C)c1-c1ccc(CN2CCOCC2)cc1. The molecule has 0 spiro atoms. The Morgan fingerprint density at radius 1 is 0.590 bits per heavy atom. The Bertz CT molecular complexity index is 3500. The molecule has 78 heavy (non-hydrogen) atoms. The molecule has 0 bridgehead atoms. The number of methoxy groups -OCH3 is 1. The number of halogens is 2. The molecule has 11 nitrogen and oxygen atoms in total. The van der Waals surface area contributed by atoms with Crippen molar-refractivity contribution in [3.05, 3.63) is 176 Å². The highest BCUT2D eigenvalue weighted by molar-refractivity contribution is 6.34. The summed E-state index contributed by atoms with van der Waals surface area (Å²) in [6.45, 7) is 18.9. The second kappa shape index (κ2) is 24.2. The number of nitrogens with zero attached hydrogens (tertiary/aromatic N) is 6. The first kappa shape index (κ1) is 54.8. The number of hydrogen-bond acceptors (Lipinski definition) is 10. The van der Waals surface area contributed by atoms with E-state index in [9.17, 15) is 9.59 Å². The minimum atomic E-state index is -0.472. The van der Waals surface area contributed by atoms with Crippen LogP contribution in [-0.4, -0.2) is 134 Å². The molecule has 3 aliphatic heterocycles. The van der Waals surface area contributed by atoms with Crippen LogP contribution in [0, 0.1) is 27.7 Å². The highest BCUT2D eigenvalue weighted by atomic mass is 35.5. The predicted molar refractivity (Wildman–Crippen MR) is 316 cm³/mol. The standard InChI is InChI=1S/C35H39ClN4O2.C30H29ClN2O3/c1-23-19-31-34(24(2)33(23)26-11-9-25(10-12-26)21-39-15-17-42-18-16-39)29(28-7-5-6-8-30(28)36)20-32(37-31)35(41)40-14-13-27(22-40)38(3)4;1-19-16-26-29(24(17-27(32-26)30(34)35-3)23-6-4-5-7-25(23)31)20(2)28(19)22-10-8-21(9-11-22)18-33-12-14-36-15-13-33/h5-12,19-20,27H,13-18,21-22H2,1-4H3;4-11,16-17H,12-15,18H2,1-3H3. The van der Waals surface area contributed by atoms with Gasteiger partial charge in [-0.3, -0.25) is 14.6 Å². The molecule has 0 N–H and O–H groups in total. The summed E-state index contributed by atoms with van der Waals surface area (Å²) in [4.78, 5) is 44.8. The van der Waals surface area contributed by atoms with Gasteiger partial charge in [0.15, 0.2) is 0 Å². The highest BCUT2D eigenvalue weighted by Crippen LogP contribution is 2.42. The largest absolute Gasteiger partial charge is 0.464 e. The molecule has 3 saturated heterocycles. The third-order valence-electron chi connectivity index (χ3n) is 15.7. The van der Waals surface area contributed by atoms with Crippen LogP contribution in [0.3, 0.4) is 0 Å². The van der Waals surface area contributed by atoms with Crippen LogP contribution in [0.15, 0.2) is 121 Å². The van der Waals surface area contributed by atoms with Crippen LogP contribution in [0.5, 0.6) is 0 Å². The van der Waals surface area contributed by atoms with E-state index in [0.717, 1.165) is 151 Å². The Morgan fingerprint density at radius 3 is 1.45 bits per heavy atom. The number of likely N-dealkylation sites (tertiary alicyclic amines) is 1. The second-order valence-corrected chi connectivity index (χ2v) is 21.9. The maximum atomic E-state index is 13.8. The summed E-state index contributed by atoms with van der Waals surface area (Å²) in [5.41, 5.74) is 17.6. The number of amides is 1. The third-order valence-corrected chi connectivity index (χ3v) is 16.4. The maximum Gasteiger partial charge on any atom is 0.356 e. The highest BCUT2D eigenvalue weighted by Gasteiger charge is 2.30. The van der Waals surface area contributed by atoms with Crippen molar-refractivity contribution in [1.29, 1.82) is 0 Å². The van der Waals surface area contributed by atoms with Crippen molar-refractivity contribution in [1.82, 2.24) is 29.6 Å². The van der Waals surface area contributed by atoms with Crippen LogP contribution in [0.25, 0.3) is 66.3 Å². The van der Waals surface area contributed by atoms with E-state index in [1.165, 1.54) is 34.9 Å². The first-order valence-electron chi connectivity index (χ1n) is 27.0. The van der Waals surface area contributed by atoms with Crippen molar-refractivity contribution in [3.8, 4) is 44.5 Å². The topological polar surface area (TPSA) is 101 Å². The summed E-state index contributed by atoms with van der Waals surface area (Å²) in [6.07, 6.45) is 0.969. The van der Waals surface area contributed by atoms with Gasteiger partial charge >= 0.3 is 5.97 Å². The Kier molecular flexibility index (Phi) is 17.0. The monoisotopic (exact) mass is 1080 g/mol. The summed E-state index contributed by atoms with van der Waals surface area (Å²) in [7, 11) is 5.51. The summed E-state index contributed by atoms with van der Waals surface area (Å²) >= 11 is 13.4. The van der Waals surface area contributed by atoms with Crippen LogP contribution in [0.1, 0.15) is 60.8 Å². The molecule has 0 saturated carbocycles. The van der Waals surface area contributed by atoms with E-state index in [-0.39, 0.29) is 11.6 Å². The van der Waals surface area contributed by atoms with Gasteiger partial charge in [0.25, 0.3) is 5.91 Å². The van der Waals surface area contributed by atoms with Crippen molar-refractivity contribution in [2.24, 2.45) is 0 Å². The number of esters is 1. The van der Waals surface area contributed by atoms with Gasteiger partial charge in [0.1, 0.15) is 11.4 Å². The molecule has 8 aromatic rings. The smallest absolute Gasteiger partial charge is 0.356 e. The molecule has 1 amide bonds. The number of benzene rings is 6. The maximum absolute atomic E-state index is 13.8. The van der Waals surface area contributed by atoms with E-state index in [0.29, 0.717) is 28.3 Å². The van der Waals surface area contributed by atoms with Gasteiger partial charge in [-0.1, -0.05) is 108 Å². The molecule has 6 aromatic carbocycles. The van der Waals surface area contributed by atoms with E-state index in [1.807, 2.05) is 65.6 Å². The lowest BCUT2D eigenvalue weighted by Crippen LogP contribution is -2.35. The Balaban J connectivity index is 0.000000179. The van der Waals surface area contributed by atoms with Crippen molar-refractivity contribution >= 4 is 56.9 Å². The van der Waals surface area contributed by atoms with E-state index in [4.69, 9.17) is 42.4 Å². The molecule has 2 aromatic heterocycles. The van der Waals surface area contributed by atoms with Gasteiger partial charge in [0, 0.05) is 90.3 Å². The number of ether oxygens (including phenoxy) is 3. The number of carbonyl (C=O) groups excluding carboxylic acids is 2. The van der Waals surface area contributed by atoms with Crippen LogP contribution in [-0.2, 0) is 27.3 Å². The number of aromatic nitrogens is 2. The van der Waals surface area contributed by atoms with Crippen molar-refractivity contribution in [2.45, 2.75) is 53.2 Å². The van der Waals surface area contributed by atoms with Gasteiger partial charge in [0.05, 0.1) is 44.6 Å². The molecule has 5 heterocycles. The fraction of sp³-hybridized carbons (Fsp3) is 0.323. The summed E-state index contributed by atoms with van der Waals surface area (Å²) in [6, 6.07) is 41.6. The number of likely N-dealkylation sites (N-methyl/N-ethyl adjacent to an activating group) is 1. The molecule has 11 rings (SSSR count). The zero-order chi connectivity index (χ0) is 54.6. The number of aryl methyl sites for hydroxylation is 4. The molecule has 13 heteroatoms. The first-order chi connectivity index (χ1) is 37.8. The number of carbonyl (C=O) groups is 2. The number of hydrogen-bond donors (Lipinski definition) is 0. The molecular weight excluding hydrogens is 1020 g/mol. The van der Waals surface area contributed by atoms with Crippen LogP contribution < -0.4 is 0 Å². The molecule has 3 aliphatic rings. The zero-order valence-electron chi connectivity index (χ0n) is 45.8. The molecule has 0 radical (unpaired) electrons. The normalized spacial score (nSPS) is 16.2. The molecular formula is C65H68Cl2N6O5. The van der Waals surface area contributed by atoms with Crippen molar-refractivity contribution in [3.63, 3.8) is 0 Å². The number of rotatable bonds is 11. The van der Waals surface area contributed by atoms with Crippen LogP contribution in [0.4, 0.5) is 0 Å². The van der Waals surface area contributed by atoms with Gasteiger partial charge in [-0.2, -0.15) is 0 Å². The average Bonchev–Trinajstić information content (AvgIpc) is 4.02. The second-order valence-electron chi connectivity index (χ2n) is 21.1. The number of fused-ring (bicyclic) bond motifs is 2. The molecule has 0 aliphatic carbocycles. The lowest BCUT2D eigenvalue weighted by Gasteiger charge is -2.26. The van der Waals surface area contributed by atoms with E-state index in [1.54, 1.807) is 6.07 Å². The Morgan fingerprint density at radius 2 is 1.03 bits per heavy atom. The summed E-state index contributed by atoms with van der Waals surface area (Å²) in [5.74, 6) is -0.495. The van der Waals surface area contributed by atoms with Crippen molar-refractivity contribution in [2.75, 3.05) is 86.9 Å². The fourth-order valence-electron chi connectivity index (χ4n) is 11.6. The molecule has 1 atom stereocenters. The zero-order valence-corrected chi connectivity index (χ0v) is 47.3. The van der Waals surface area contributed by atoms with Gasteiger partial charge in [-0.15, -0.1) is 0 Å². The van der Waals surface area contributed by atoms with Crippen LogP contribution >= 0.6 is 23.2 Å². The van der Waals surface area contributed by atoms with Gasteiger partial charge < -0.3 is 24.0 Å². The number of morpholine rings is 2. The fourth-order valence-corrected chi connectivity index (χ4v) is 12.1. The lowest BCUT2D eigenvalue weighted by molar-refractivity contribution is 0.0341. The first-order valence-corrected chi connectivity index (χ1v) is 27.7. The summed E-state index contributed by atoms with van der Waals surface area (Å²) < 4.78 is 16.0. The quantitative estimate of drug-likeness (QED) is 0.116. The van der Waals surface area contributed by atoms with Gasteiger partial charge in [-0.25, -0.2) is 14.8 Å². The minimum absolute atomic E-state index is 0.0233. The van der Waals surface area contributed by atoms with E-state index >= 15 is 0 Å². The molecule has 402 valence electrons. The molecule has 3 fully saturated rings. The predicted octanol–water partition coefficient (Wildman–Crippen LogP) is 12.9. The lowest BCUT2D eigenvalue weighted by atomic mass is 9.88. The Labute approximate surface area is 468 Å². The van der Waals surface area contributed by atoms with Gasteiger partial charge in [-0.05, 0) is 151 Å². The number of pyridine rings is 2. The van der Waals surface area contributed by atoms with E-state index in [2.05, 4.69) is 116 Å². The van der Waals surface area contributed by atoms with Crippen LogP contribution in [0.2, 0.25) is 10.0 Å². The van der Waals surface area contributed by atoms with E-state index < -0.39 is 5.97 Å². The average molecular weight is 1080 g/mol. The van der Waals surface area contributed by atoms with Crippen molar-refractivity contribution < 1.29 is 23.8 Å². The third kappa shape index (κ3) is 11.7.